The van der Waals surface area contributed by atoms with Gasteiger partial charge in [-0.3, -0.25) is 14.6 Å². The topological polar surface area (TPSA) is 111 Å². The summed E-state index contributed by atoms with van der Waals surface area (Å²) in [4.78, 5) is 31.8. The first-order chi connectivity index (χ1) is 10.2. The molecule has 1 saturated heterocycles. The van der Waals surface area contributed by atoms with Crippen molar-refractivity contribution in [3.05, 3.63) is 40.5 Å². The standard InChI is InChI=1S/C13H16N6O2/c14-18-17-7-10-6-12(20)19(9-10)5-4-16-13(21)11-2-1-3-15-8-11/h1-3,8,10H,4-7,9H2,(H,16,21). The summed E-state index contributed by atoms with van der Waals surface area (Å²) in [5.41, 5.74) is 8.77. The number of amides is 2. The van der Waals surface area contributed by atoms with E-state index in [4.69, 9.17) is 5.53 Å². The maximum Gasteiger partial charge on any atom is 0.252 e. The highest BCUT2D eigenvalue weighted by atomic mass is 16.2. The molecule has 0 aliphatic carbocycles. The van der Waals surface area contributed by atoms with Crippen LogP contribution in [0.3, 0.4) is 0 Å². The molecule has 2 rings (SSSR count). The second-order valence-corrected chi connectivity index (χ2v) is 4.82. The molecule has 1 unspecified atom stereocenters. The van der Waals surface area contributed by atoms with Gasteiger partial charge in [0.1, 0.15) is 0 Å². The van der Waals surface area contributed by atoms with Crippen LogP contribution in [0.5, 0.6) is 0 Å². The van der Waals surface area contributed by atoms with E-state index in [0.717, 1.165) is 0 Å². The predicted molar refractivity (Wildman–Crippen MR) is 75.3 cm³/mol. The summed E-state index contributed by atoms with van der Waals surface area (Å²) in [7, 11) is 0. The van der Waals surface area contributed by atoms with Gasteiger partial charge in [0, 0.05) is 49.9 Å². The number of nitrogens with one attached hydrogen (secondary N) is 1. The average Bonchev–Trinajstić information content (AvgIpc) is 2.86. The second-order valence-electron chi connectivity index (χ2n) is 4.82. The minimum Gasteiger partial charge on any atom is -0.350 e. The Hall–Kier alpha value is -2.60. The molecule has 1 aliphatic heterocycles. The van der Waals surface area contributed by atoms with E-state index in [-0.39, 0.29) is 17.7 Å². The normalized spacial score (nSPS) is 17.4. The lowest BCUT2D eigenvalue weighted by atomic mass is 10.1. The average molecular weight is 288 g/mol. The highest BCUT2D eigenvalue weighted by Crippen LogP contribution is 2.17. The van der Waals surface area contributed by atoms with Gasteiger partial charge in [0.25, 0.3) is 5.91 Å². The molecule has 21 heavy (non-hydrogen) atoms. The summed E-state index contributed by atoms with van der Waals surface area (Å²) in [6.07, 6.45) is 3.49. The highest BCUT2D eigenvalue weighted by Gasteiger charge is 2.28. The molecule has 8 nitrogen and oxygen atoms in total. The number of azide groups is 1. The molecule has 0 bridgehead atoms. The molecule has 1 aliphatic rings. The first-order valence-electron chi connectivity index (χ1n) is 6.67. The fourth-order valence-electron chi connectivity index (χ4n) is 2.25. The number of rotatable bonds is 6. The summed E-state index contributed by atoms with van der Waals surface area (Å²) in [6, 6.07) is 3.37. The smallest absolute Gasteiger partial charge is 0.252 e. The van der Waals surface area contributed by atoms with Crippen molar-refractivity contribution in [2.75, 3.05) is 26.2 Å². The zero-order valence-electron chi connectivity index (χ0n) is 11.5. The summed E-state index contributed by atoms with van der Waals surface area (Å²) in [5.74, 6) is -0.105. The van der Waals surface area contributed by atoms with Gasteiger partial charge in [-0.25, -0.2) is 0 Å². The van der Waals surface area contributed by atoms with Crippen LogP contribution in [0.4, 0.5) is 0 Å². The number of likely N-dealkylation sites (tertiary alicyclic amines) is 1. The van der Waals surface area contributed by atoms with E-state index in [1.54, 1.807) is 23.2 Å². The minimum atomic E-state index is -0.208. The largest absolute Gasteiger partial charge is 0.350 e. The lowest BCUT2D eigenvalue weighted by Crippen LogP contribution is -2.35. The van der Waals surface area contributed by atoms with Crippen molar-refractivity contribution >= 4 is 11.8 Å². The maximum atomic E-state index is 11.8. The van der Waals surface area contributed by atoms with Gasteiger partial charge in [-0.2, -0.15) is 0 Å². The van der Waals surface area contributed by atoms with E-state index in [0.29, 0.717) is 38.2 Å². The zero-order chi connectivity index (χ0) is 15.1. The van der Waals surface area contributed by atoms with Crippen LogP contribution < -0.4 is 5.32 Å². The van der Waals surface area contributed by atoms with Gasteiger partial charge in [-0.1, -0.05) is 5.11 Å². The fraction of sp³-hybridized carbons (Fsp3) is 0.462. The Morgan fingerprint density at radius 1 is 1.62 bits per heavy atom. The molecule has 0 aromatic carbocycles. The van der Waals surface area contributed by atoms with Gasteiger partial charge in [0.05, 0.1) is 5.56 Å². The van der Waals surface area contributed by atoms with Crippen molar-refractivity contribution in [1.29, 1.82) is 0 Å². The molecule has 0 saturated carbocycles. The molecule has 1 aromatic rings. The third-order valence-electron chi connectivity index (χ3n) is 3.29. The third-order valence-corrected chi connectivity index (χ3v) is 3.29. The van der Waals surface area contributed by atoms with E-state index in [2.05, 4.69) is 20.3 Å². The number of carbonyl (C=O) groups is 2. The minimum absolute atomic E-state index is 0.0313. The maximum absolute atomic E-state index is 11.8. The molecule has 1 N–H and O–H groups in total. The van der Waals surface area contributed by atoms with Crippen molar-refractivity contribution in [1.82, 2.24) is 15.2 Å². The van der Waals surface area contributed by atoms with Crippen molar-refractivity contribution in [3.8, 4) is 0 Å². The second kappa shape index (κ2) is 7.25. The van der Waals surface area contributed by atoms with Gasteiger partial charge >= 0.3 is 0 Å². The summed E-state index contributed by atoms with van der Waals surface area (Å²) >= 11 is 0. The van der Waals surface area contributed by atoms with Crippen molar-refractivity contribution in [3.63, 3.8) is 0 Å². The molecular formula is C13H16N6O2. The van der Waals surface area contributed by atoms with Gasteiger partial charge in [0.15, 0.2) is 0 Å². The quantitative estimate of drug-likeness (QED) is 0.478. The fourth-order valence-corrected chi connectivity index (χ4v) is 2.25. The van der Waals surface area contributed by atoms with Crippen molar-refractivity contribution in [2.24, 2.45) is 11.0 Å². The van der Waals surface area contributed by atoms with Crippen molar-refractivity contribution < 1.29 is 9.59 Å². The molecule has 2 amide bonds. The van der Waals surface area contributed by atoms with E-state index in [1.807, 2.05) is 0 Å². The van der Waals surface area contributed by atoms with Crippen LogP contribution in [-0.4, -0.2) is 47.9 Å². The van der Waals surface area contributed by atoms with Gasteiger partial charge in [0.2, 0.25) is 5.91 Å². The highest BCUT2D eigenvalue weighted by molar-refractivity contribution is 5.93. The van der Waals surface area contributed by atoms with Crippen LogP contribution in [0, 0.1) is 5.92 Å². The summed E-state index contributed by atoms with van der Waals surface area (Å²) < 4.78 is 0. The van der Waals surface area contributed by atoms with E-state index in [1.165, 1.54) is 6.20 Å². The Bertz CT molecular complexity index is 555. The molecule has 1 aromatic heterocycles. The Labute approximate surface area is 121 Å². The Kier molecular flexibility index (Phi) is 5.11. The molecule has 0 radical (unpaired) electrons. The molecule has 1 fully saturated rings. The molecular weight excluding hydrogens is 272 g/mol. The van der Waals surface area contributed by atoms with Crippen LogP contribution >= 0.6 is 0 Å². The van der Waals surface area contributed by atoms with Gasteiger partial charge in [-0.05, 0) is 23.6 Å². The first kappa shape index (κ1) is 14.8. The van der Waals surface area contributed by atoms with E-state index < -0.39 is 0 Å². The SMILES string of the molecule is [N-]=[N+]=NCC1CC(=O)N(CCNC(=O)c2cccnc2)C1. The Balaban J connectivity index is 1.75. The van der Waals surface area contributed by atoms with Crippen LogP contribution in [-0.2, 0) is 4.79 Å². The first-order valence-corrected chi connectivity index (χ1v) is 6.67. The number of hydrogen-bond acceptors (Lipinski definition) is 4. The number of carbonyl (C=O) groups excluding carboxylic acids is 2. The molecule has 110 valence electrons. The number of pyridine rings is 1. The van der Waals surface area contributed by atoms with Crippen LogP contribution in [0.1, 0.15) is 16.8 Å². The molecule has 8 heteroatoms. The van der Waals surface area contributed by atoms with E-state index >= 15 is 0 Å². The number of nitrogens with zero attached hydrogens (tertiary/aromatic N) is 5. The zero-order valence-corrected chi connectivity index (χ0v) is 11.5. The molecule has 2 heterocycles. The summed E-state index contributed by atoms with van der Waals surface area (Å²) in [6.45, 7) is 1.74. The number of hydrogen-bond donors (Lipinski definition) is 1. The summed E-state index contributed by atoms with van der Waals surface area (Å²) in [5, 5.41) is 6.25. The van der Waals surface area contributed by atoms with Crippen LogP contribution in [0.25, 0.3) is 10.4 Å². The molecule has 0 spiro atoms. The predicted octanol–water partition coefficient (Wildman–Crippen LogP) is 0.970. The number of aromatic nitrogens is 1. The lowest BCUT2D eigenvalue weighted by molar-refractivity contribution is -0.127. The Morgan fingerprint density at radius 2 is 2.48 bits per heavy atom. The Morgan fingerprint density at radius 3 is 3.19 bits per heavy atom. The monoisotopic (exact) mass is 288 g/mol. The van der Waals surface area contributed by atoms with Crippen LogP contribution in [0.2, 0.25) is 0 Å². The molecule has 1 atom stereocenters. The van der Waals surface area contributed by atoms with Gasteiger partial charge < -0.3 is 10.2 Å². The van der Waals surface area contributed by atoms with Gasteiger partial charge in [-0.15, -0.1) is 0 Å². The third kappa shape index (κ3) is 4.19. The van der Waals surface area contributed by atoms with Crippen molar-refractivity contribution in [2.45, 2.75) is 6.42 Å². The van der Waals surface area contributed by atoms with Crippen LogP contribution in [0.15, 0.2) is 29.6 Å². The van der Waals surface area contributed by atoms with E-state index in [9.17, 15) is 9.59 Å². The lowest BCUT2D eigenvalue weighted by Gasteiger charge is -2.16.